The molecule has 0 atom stereocenters. The average molecular weight is 197 g/mol. The van der Waals surface area contributed by atoms with Crippen molar-refractivity contribution in [3.8, 4) is 6.07 Å². The first kappa shape index (κ1) is 7.40. The minimum absolute atomic E-state index is 0.177. The van der Waals surface area contributed by atoms with Gasteiger partial charge in [-0.3, -0.25) is 0 Å². The summed E-state index contributed by atoms with van der Waals surface area (Å²) < 4.78 is 0. The second-order valence-electron chi connectivity index (χ2n) is 1.96. The molecule has 12 heavy (non-hydrogen) atoms. The van der Waals surface area contributed by atoms with Crippen molar-refractivity contribution in [1.29, 1.82) is 5.26 Å². The van der Waals surface area contributed by atoms with Gasteiger partial charge < -0.3 is 0 Å². The minimum Gasteiger partial charge on any atom is -0.224 e. The third-order valence-electron chi connectivity index (χ3n) is 1.22. The standard InChI is InChI=1S/C6HClN4S/c7-6-9-2-3-5(11-6)12-4(1-8)10-3/h2H. The molecule has 0 bridgehead atoms. The van der Waals surface area contributed by atoms with Gasteiger partial charge in [0.2, 0.25) is 5.28 Å². The maximum atomic E-state index is 8.52. The molecule has 6 heteroatoms. The van der Waals surface area contributed by atoms with Crippen LogP contribution in [0.15, 0.2) is 6.20 Å². The van der Waals surface area contributed by atoms with Crippen LogP contribution in [0.1, 0.15) is 5.01 Å². The highest BCUT2D eigenvalue weighted by Crippen LogP contribution is 2.19. The maximum absolute atomic E-state index is 8.52. The molecule has 0 aliphatic heterocycles. The molecule has 0 aliphatic carbocycles. The summed E-state index contributed by atoms with van der Waals surface area (Å²) in [6.07, 6.45) is 1.50. The van der Waals surface area contributed by atoms with E-state index in [9.17, 15) is 0 Å². The van der Waals surface area contributed by atoms with Crippen LogP contribution in [-0.2, 0) is 0 Å². The van der Waals surface area contributed by atoms with Crippen molar-refractivity contribution in [2.24, 2.45) is 0 Å². The van der Waals surface area contributed by atoms with Crippen LogP contribution in [0, 0.1) is 11.3 Å². The van der Waals surface area contributed by atoms with Gasteiger partial charge >= 0.3 is 0 Å². The van der Waals surface area contributed by atoms with E-state index in [1.54, 1.807) is 0 Å². The van der Waals surface area contributed by atoms with Gasteiger partial charge in [0.15, 0.2) is 5.01 Å². The van der Waals surface area contributed by atoms with Gasteiger partial charge in [0.05, 0.1) is 6.20 Å². The summed E-state index contributed by atoms with van der Waals surface area (Å²) in [5, 5.41) is 9.08. The van der Waals surface area contributed by atoms with E-state index in [4.69, 9.17) is 16.9 Å². The van der Waals surface area contributed by atoms with Crippen LogP contribution in [0.4, 0.5) is 0 Å². The number of nitriles is 1. The van der Waals surface area contributed by atoms with Gasteiger partial charge in [-0.1, -0.05) is 11.3 Å². The molecule has 2 rings (SSSR count). The lowest BCUT2D eigenvalue weighted by Crippen LogP contribution is -1.79. The summed E-state index contributed by atoms with van der Waals surface area (Å²) in [4.78, 5) is 12.2. The van der Waals surface area contributed by atoms with Crippen LogP contribution in [0.3, 0.4) is 0 Å². The molecule has 0 spiro atoms. The number of fused-ring (bicyclic) bond motifs is 1. The van der Waals surface area contributed by atoms with E-state index >= 15 is 0 Å². The SMILES string of the molecule is N#Cc1nc2cnc(Cl)nc2s1. The number of halogens is 1. The van der Waals surface area contributed by atoms with Crippen molar-refractivity contribution < 1.29 is 0 Å². The average Bonchev–Trinajstić information content (AvgIpc) is 2.46. The lowest BCUT2D eigenvalue weighted by molar-refractivity contribution is 1.22. The molecule has 0 aromatic carbocycles. The van der Waals surface area contributed by atoms with E-state index in [0.717, 1.165) is 0 Å². The van der Waals surface area contributed by atoms with E-state index in [0.29, 0.717) is 15.4 Å². The Bertz CT molecular complexity index is 472. The molecule has 2 aromatic heterocycles. The molecule has 0 saturated heterocycles. The highest BCUT2D eigenvalue weighted by molar-refractivity contribution is 7.18. The monoisotopic (exact) mass is 196 g/mol. The Morgan fingerprint density at radius 3 is 3.08 bits per heavy atom. The lowest BCUT2D eigenvalue weighted by atomic mass is 10.6. The normalized spacial score (nSPS) is 10.0. The van der Waals surface area contributed by atoms with Gasteiger partial charge in [-0.15, -0.1) is 0 Å². The fourth-order valence-corrected chi connectivity index (χ4v) is 1.65. The molecule has 0 unspecified atom stereocenters. The predicted octanol–water partition coefficient (Wildman–Crippen LogP) is 1.61. The highest BCUT2D eigenvalue weighted by Gasteiger charge is 2.04. The van der Waals surface area contributed by atoms with Gasteiger partial charge in [0.1, 0.15) is 16.4 Å². The van der Waals surface area contributed by atoms with E-state index in [1.807, 2.05) is 6.07 Å². The Kier molecular flexibility index (Phi) is 1.64. The van der Waals surface area contributed by atoms with Gasteiger partial charge in [0.25, 0.3) is 0 Å². The van der Waals surface area contributed by atoms with Crippen LogP contribution in [0.25, 0.3) is 10.3 Å². The quantitative estimate of drug-likeness (QED) is 0.601. The summed E-state index contributed by atoms with van der Waals surface area (Å²) in [5.74, 6) is 0. The number of aromatic nitrogens is 3. The summed E-state index contributed by atoms with van der Waals surface area (Å²) in [5.41, 5.74) is 0.612. The van der Waals surface area contributed by atoms with E-state index in [2.05, 4.69) is 15.0 Å². The van der Waals surface area contributed by atoms with Gasteiger partial charge in [-0.05, 0) is 11.6 Å². The first-order valence-corrected chi connectivity index (χ1v) is 4.18. The Morgan fingerprint density at radius 2 is 2.33 bits per heavy atom. The molecule has 0 N–H and O–H groups in total. The zero-order valence-corrected chi connectivity index (χ0v) is 7.22. The first-order chi connectivity index (χ1) is 5.79. The molecular weight excluding hydrogens is 196 g/mol. The number of nitrogens with zero attached hydrogens (tertiary/aromatic N) is 4. The van der Waals surface area contributed by atoms with E-state index < -0.39 is 0 Å². The number of hydrogen-bond acceptors (Lipinski definition) is 5. The lowest BCUT2D eigenvalue weighted by Gasteiger charge is -1.84. The van der Waals surface area contributed by atoms with Crippen LogP contribution < -0.4 is 0 Å². The summed E-state index contributed by atoms with van der Waals surface area (Å²) in [6.45, 7) is 0. The third-order valence-corrected chi connectivity index (χ3v) is 2.27. The maximum Gasteiger partial charge on any atom is 0.223 e. The second-order valence-corrected chi connectivity index (χ2v) is 3.28. The molecule has 4 nitrogen and oxygen atoms in total. The molecule has 0 fully saturated rings. The zero-order valence-electron chi connectivity index (χ0n) is 5.65. The summed E-state index contributed by atoms with van der Waals surface area (Å²) in [6, 6.07) is 1.93. The fraction of sp³-hybridized carbons (Fsp3) is 0. The van der Waals surface area contributed by atoms with E-state index in [-0.39, 0.29) is 5.28 Å². The highest BCUT2D eigenvalue weighted by atomic mass is 35.5. The van der Waals surface area contributed by atoms with Crippen LogP contribution >= 0.6 is 22.9 Å². The number of thiazole rings is 1. The van der Waals surface area contributed by atoms with Crippen molar-refractivity contribution in [1.82, 2.24) is 15.0 Å². The number of hydrogen-bond donors (Lipinski definition) is 0. The number of rotatable bonds is 0. The van der Waals surface area contributed by atoms with Crippen molar-refractivity contribution in [2.75, 3.05) is 0 Å². The van der Waals surface area contributed by atoms with Gasteiger partial charge in [0, 0.05) is 0 Å². The third kappa shape index (κ3) is 1.11. The Balaban J connectivity index is 2.77. The Labute approximate surface area is 76.5 Å². The molecule has 0 aliphatic rings. The smallest absolute Gasteiger partial charge is 0.223 e. The van der Waals surface area contributed by atoms with Crippen molar-refractivity contribution in [2.45, 2.75) is 0 Å². The van der Waals surface area contributed by atoms with Crippen molar-refractivity contribution >= 4 is 33.3 Å². The predicted molar refractivity (Wildman–Crippen MR) is 44.9 cm³/mol. The minimum atomic E-state index is 0.177. The summed E-state index contributed by atoms with van der Waals surface area (Å²) in [7, 11) is 0. The topological polar surface area (TPSA) is 62.5 Å². The Hall–Kier alpha value is -1.25. The van der Waals surface area contributed by atoms with Crippen LogP contribution in [-0.4, -0.2) is 15.0 Å². The van der Waals surface area contributed by atoms with Crippen LogP contribution in [0.5, 0.6) is 0 Å². The molecule has 0 amide bonds. The van der Waals surface area contributed by atoms with Crippen LogP contribution in [0.2, 0.25) is 5.28 Å². The summed E-state index contributed by atoms with van der Waals surface area (Å²) >= 11 is 6.75. The van der Waals surface area contributed by atoms with Gasteiger partial charge in [-0.2, -0.15) is 5.26 Å². The molecule has 0 radical (unpaired) electrons. The molecule has 2 aromatic rings. The Morgan fingerprint density at radius 1 is 1.50 bits per heavy atom. The van der Waals surface area contributed by atoms with E-state index in [1.165, 1.54) is 17.5 Å². The zero-order chi connectivity index (χ0) is 8.55. The molecular formula is C6HClN4S. The largest absolute Gasteiger partial charge is 0.224 e. The van der Waals surface area contributed by atoms with Crippen molar-refractivity contribution in [3.63, 3.8) is 0 Å². The van der Waals surface area contributed by atoms with Crippen molar-refractivity contribution in [3.05, 3.63) is 16.5 Å². The second kappa shape index (κ2) is 2.66. The molecule has 58 valence electrons. The molecule has 0 saturated carbocycles. The fourth-order valence-electron chi connectivity index (χ4n) is 0.763. The first-order valence-electron chi connectivity index (χ1n) is 2.99. The van der Waals surface area contributed by atoms with Gasteiger partial charge in [-0.25, -0.2) is 15.0 Å². The molecule has 2 heterocycles.